The topological polar surface area (TPSA) is 33.5 Å². The summed E-state index contributed by atoms with van der Waals surface area (Å²) in [6.45, 7) is 0.965. The van der Waals surface area contributed by atoms with Gasteiger partial charge >= 0.3 is 0 Å². The summed E-state index contributed by atoms with van der Waals surface area (Å²) in [5, 5.41) is 3.97. The molecule has 0 spiro atoms. The van der Waals surface area contributed by atoms with Crippen LogP contribution in [0.4, 0.5) is 5.69 Å². The highest BCUT2D eigenvalue weighted by Crippen LogP contribution is 2.24. The number of halogens is 3. The van der Waals surface area contributed by atoms with E-state index >= 15 is 0 Å². The van der Waals surface area contributed by atoms with Crippen molar-refractivity contribution in [2.75, 3.05) is 18.9 Å². The van der Waals surface area contributed by atoms with Crippen molar-refractivity contribution in [2.24, 2.45) is 0 Å². The number of nitrogens with one attached hydrogen (secondary N) is 2. The summed E-state index contributed by atoms with van der Waals surface area (Å²) in [6, 6.07) is 13.0. The van der Waals surface area contributed by atoms with Crippen LogP contribution in [0.3, 0.4) is 0 Å². The molecular formula is C16H16BrCl2N2O+. The second-order valence-electron chi connectivity index (χ2n) is 5.05. The number of rotatable bonds is 5. The summed E-state index contributed by atoms with van der Waals surface area (Å²) in [4.78, 5) is 13.1. The number of carbonyl (C=O) groups is 1. The highest BCUT2D eigenvalue weighted by atomic mass is 79.9. The maximum absolute atomic E-state index is 12.1. The van der Waals surface area contributed by atoms with E-state index in [9.17, 15) is 4.79 Å². The summed E-state index contributed by atoms with van der Waals surface area (Å²) in [7, 11) is 1.94. The van der Waals surface area contributed by atoms with E-state index < -0.39 is 0 Å². The first kappa shape index (κ1) is 17.3. The quantitative estimate of drug-likeness (QED) is 0.789. The Hall–Kier alpha value is -1.07. The zero-order valence-corrected chi connectivity index (χ0v) is 15.1. The van der Waals surface area contributed by atoms with Gasteiger partial charge in [-0.15, -0.1) is 0 Å². The molecule has 0 bridgehead atoms. The number of anilines is 1. The Morgan fingerprint density at radius 3 is 2.64 bits per heavy atom. The monoisotopic (exact) mass is 401 g/mol. The fourth-order valence-corrected chi connectivity index (χ4v) is 2.87. The molecule has 116 valence electrons. The van der Waals surface area contributed by atoms with Crippen molar-refractivity contribution < 1.29 is 9.69 Å². The molecule has 0 heterocycles. The van der Waals surface area contributed by atoms with Crippen LogP contribution in [-0.4, -0.2) is 19.5 Å². The van der Waals surface area contributed by atoms with Crippen molar-refractivity contribution >= 4 is 50.7 Å². The number of quaternary nitrogens is 1. The number of hydrogen-bond acceptors (Lipinski definition) is 1. The maximum atomic E-state index is 12.1. The molecule has 0 aliphatic carbocycles. The summed E-state index contributed by atoms with van der Waals surface area (Å²) in [5.74, 6) is -0.0532. The van der Waals surface area contributed by atoms with Crippen molar-refractivity contribution in [3.05, 3.63) is 62.5 Å². The summed E-state index contributed by atoms with van der Waals surface area (Å²) < 4.78 is 0.860. The molecule has 0 aliphatic rings. The molecular weight excluding hydrogens is 387 g/mol. The van der Waals surface area contributed by atoms with Crippen LogP contribution in [0.5, 0.6) is 0 Å². The highest BCUT2D eigenvalue weighted by Gasteiger charge is 2.14. The maximum Gasteiger partial charge on any atom is 0.279 e. The summed E-state index contributed by atoms with van der Waals surface area (Å²) in [5.41, 5.74) is 1.70. The van der Waals surface area contributed by atoms with Crippen LogP contribution in [0.2, 0.25) is 10.0 Å². The van der Waals surface area contributed by atoms with Gasteiger partial charge in [-0.1, -0.05) is 47.5 Å². The van der Waals surface area contributed by atoms with E-state index in [1.54, 1.807) is 6.07 Å². The third-order valence-electron chi connectivity index (χ3n) is 3.13. The Morgan fingerprint density at radius 2 is 1.91 bits per heavy atom. The molecule has 2 aromatic rings. The Morgan fingerprint density at radius 1 is 1.18 bits per heavy atom. The van der Waals surface area contributed by atoms with Crippen molar-refractivity contribution in [1.82, 2.24) is 0 Å². The van der Waals surface area contributed by atoms with E-state index in [1.807, 2.05) is 43.4 Å². The van der Waals surface area contributed by atoms with E-state index in [4.69, 9.17) is 23.2 Å². The van der Waals surface area contributed by atoms with Crippen molar-refractivity contribution in [3.63, 3.8) is 0 Å². The van der Waals surface area contributed by atoms with E-state index in [0.717, 1.165) is 20.6 Å². The Balaban J connectivity index is 1.94. The zero-order chi connectivity index (χ0) is 16.1. The minimum atomic E-state index is -0.0532. The number of para-hydroxylation sites is 1. The first-order chi connectivity index (χ1) is 10.5. The molecule has 1 unspecified atom stereocenters. The standard InChI is InChI=1S/C16H15BrCl2N2O/c1-21(9-11-5-4-7-13(18)16(11)19)10-15(22)20-14-8-3-2-6-12(14)17/h2-8H,9-10H2,1H3,(H,20,22)/p+1. The number of benzene rings is 2. The summed E-state index contributed by atoms with van der Waals surface area (Å²) >= 11 is 15.6. The molecule has 22 heavy (non-hydrogen) atoms. The van der Waals surface area contributed by atoms with Gasteiger partial charge in [0.25, 0.3) is 5.91 Å². The van der Waals surface area contributed by atoms with Gasteiger partial charge in [0.15, 0.2) is 6.54 Å². The predicted molar refractivity (Wildman–Crippen MR) is 94.7 cm³/mol. The second-order valence-corrected chi connectivity index (χ2v) is 6.69. The van der Waals surface area contributed by atoms with E-state index in [1.165, 1.54) is 0 Å². The van der Waals surface area contributed by atoms with Crippen LogP contribution in [0.15, 0.2) is 46.9 Å². The molecule has 0 saturated carbocycles. The van der Waals surface area contributed by atoms with Gasteiger partial charge in [0.05, 0.1) is 22.8 Å². The average molecular weight is 403 g/mol. The Kier molecular flexibility index (Phi) is 6.26. The van der Waals surface area contributed by atoms with Gasteiger partial charge in [0.2, 0.25) is 0 Å². The van der Waals surface area contributed by atoms with Crippen LogP contribution in [0.25, 0.3) is 0 Å². The normalized spacial score (nSPS) is 12.0. The first-order valence-corrected chi connectivity index (χ1v) is 8.31. The van der Waals surface area contributed by atoms with Gasteiger partial charge in [-0.2, -0.15) is 0 Å². The largest absolute Gasteiger partial charge is 0.326 e. The fourth-order valence-electron chi connectivity index (χ4n) is 2.10. The van der Waals surface area contributed by atoms with Crippen molar-refractivity contribution in [3.8, 4) is 0 Å². The van der Waals surface area contributed by atoms with Crippen LogP contribution < -0.4 is 10.2 Å². The molecule has 1 atom stereocenters. The van der Waals surface area contributed by atoms with Crippen LogP contribution in [0, 0.1) is 0 Å². The van der Waals surface area contributed by atoms with Crippen molar-refractivity contribution in [1.29, 1.82) is 0 Å². The fraction of sp³-hybridized carbons (Fsp3) is 0.188. The molecule has 3 nitrogen and oxygen atoms in total. The number of amides is 1. The molecule has 2 rings (SSSR count). The number of likely N-dealkylation sites (N-methyl/N-ethyl adjacent to an activating group) is 1. The average Bonchev–Trinajstić information content (AvgIpc) is 2.46. The lowest BCUT2D eigenvalue weighted by atomic mass is 10.2. The predicted octanol–water partition coefficient (Wildman–Crippen LogP) is 3.41. The minimum absolute atomic E-state index is 0.0532. The Labute approximate surface area is 148 Å². The molecule has 0 aliphatic heterocycles. The minimum Gasteiger partial charge on any atom is -0.326 e. The molecule has 0 saturated heterocycles. The van der Waals surface area contributed by atoms with E-state index in [0.29, 0.717) is 23.1 Å². The molecule has 2 aromatic carbocycles. The molecule has 0 aromatic heterocycles. The third kappa shape index (κ3) is 4.71. The van der Waals surface area contributed by atoms with Crippen LogP contribution in [-0.2, 0) is 11.3 Å². The van der Waals surface area contributed by atoms with Gasteiger partial charge in [-0.25, -0.2) is 0 Å². The first-order valence-electron chi connectivity index (χ1n) is 6.76. The number of hydrogen-bond donors (Lipinski definition) is 2. The van der Waals surface area contributed by atoms with Gasteiger partial charge in [0, 0.05) is 10.0 Å². The lowest BCUT2D eigenvalue weighted by Gasteiger charge is -2.15. The van der Waals surface area contributed by atoms with Gasteiger partial charge in [-0.3, -0.25) is 4.79 Å². The molecule has 2 N–H and O–H groups in total. The lowest BCUT2D eigenvalue weighted by Crippen LogP contribution is -3.08. The third-order valence-corrected chi connectivity index (χ3v) is 4.68. The van der Waals surface area contributed by atoms with E-state index in [-0.39, 0.29) is 5.91 Å². The van der Waals surface area contributed by atoms with Gasteiger partial charge < -0.3 is 10.2 Å². The van der Waals surface area contributed by atoms with E-state index in [2.05, 4.69) is 21.2 Å². The van der Waals surface area contributed by atoms with Crippen LogP contribution >= 0.6 is 39.1 Å². The lowest BCUT2D eigenvalue weighted by molar-refractivity contribution is -0.885. The van der Waals surface area contributed by atoms with Crippen molar-refractivity contribution in [2.45, 2.75) is 6.54 Å². The molecule has 1 amide bonds. The van der Waals surface area contributed by atoms with Gasteiger partial charge in [-0.05, 0) is 34.1 Å². The van der Waals surface area contributed by atoms with Crippen LogP contribution in [0.1, 0.15) is 5.56 Å². The Bertz CT molecular complexity index is 679. The summed E-state index contributed by atoms with van der Waals surface area (Å²) in [6.07, 6.45) is 0. The van der Waals surface area contributed by atoms with Gasteiger partial charge in [0.1, 0.15) is 6.54 Å². The second kappa shape index (κ2) is 7.97. The SMILES string of the molecule is C[NH+](CC(=O)Nc1ccccc1Br)Cc1cccc(Cl)c1Cl. The highest BCUT2D eigenvalue weighted by molar-refractivity contribution is 9.10. The molecule has 0 radical (unpaired) electrons. The zero-order valence-electron chi connectivity index (χ0n) is 12.0. The molecule has 0 fully saturated rings. The molecule has 6 heteroatoms. The number of carbonyl (C=O) groups excluding carboxylic acids is 1. The smallest absolute Gasteiger partial charge is 0.279 e.